The first-order valence-corrected chi connectivity index (χ1v) is 13.6. The Morgan fingerprint density at radius 2 is 1.09 bits per heavy atom. The van der Waals surface area contributed by atoms with Crippen molar-refractivity contribution in [2.24, 2.45) is 11.8 Å². The first-order valence-electron chi connectivity index (χ1n) is 13.6. The van der Waals surface area contributed by atoms with Crippen LogP contribution in [0.3, 0.4) is 0 Å². The molecule has 0 bridgehead atoms. The molecule has 0 saturated heterocycles. The molecule has 2 atom stereocenters. The normalized spacial score (nSPS) is 17.8. The van der Waals surface area contributed by atoms with Crippen LogP contribution in [0, 0.1) is 11.8 Å². The van der Waals surface area contributed by atoms with Crippen LogP contribution in [0.4, 0.5) is 0 Å². The van der Waals surface area contributed by atoms with Gasteiger partial charge in [0.2, 0.25) is 0 Å². The Bertz CT molecular complexity index is 494. The zero-order chi connectivity index (χ0) is 23.3. The van der Waals surface area contributed by atoms with Crippen LogP contribution in [0.25, 0.3) is 0 Å². The Labute approximate surface area is 226 Å². The van der Waals surface area contributed by atoms with Gasteiger partial charge in [-0.05, 0) is 32.1 Å². The summed E-state index contributed by atoms with van der Waals surface area (Å²) in [6.45, 7) is 4.19. The summed E-state index contributed by atoms with van der Waals surface area (Å²) in [5.41, 5.74) is 0. The van der Waals surface area contributed by atoms with Gasteiger partial charge in [-0.25, -0.2) is 0 Å². The third kappa shape index (κ3) is 17.7. The molecule has 1 fully saturated rings. The van der Waals surface area contributed by atoms with Gasteiger partial charge >= 0.3 is 35.5 Å². The molecule has 2 unspecified atom stereocenters. The quantitative estimate of drug-likeness (QED) is 0.110. The second-order valence-electron chi connectivity index (χ2n) is 9.72. The Balaban J connectivity index is 0.0000102. The standard InChI is InChI=1S/C28H50O4.Na/c1-2-3-4-5-6-7-8-9-10-11-12-13-14-15-16-17-18-21-24-32-28(31)26-23-20-19-22-25(26)27(29)30;/h2,25-26H,1,3-24H2,(H,29,30);/q;+1/p-1. The number of esters is 1. The number of hydrogen-bond donors (Lipinski definition) is 0. The third-order valence-electron chi connectivity index (χ3n) is 6.92. The molecule has 5 heteroatoms. The van der Waals surface area contributed by atoms with Crippen LogP contribution < -0.4 is 34.7 Å². The fourth-order valence-corrected chi connectivity index (χ4v) is 4.84. The number of aliphatic carboxylic acids is 1. The first-order chi connectivity index (χ1) is 15.7. The number of carbonyl (C=O) groups excluding carboxylic acids is 2. The molecule has 1 aliphatic rings. The van der Waals surface area contributed by atoms with Crippen molar-refractivity contribution < 1.29 is 49.0 Å². The van der Waals surface area contributed by atoms with Crippen molar-refractivity contribution in [2.45, 2.75) is 135 Å². The van der Waals surface area contributed by atoms with Crippen molar-refractivity contribution in [3.63, 3.8) is 0 Å². The molecule has 33 heavy (non-hydrogen) atoms. The molecule has 0 aromatic carbocycles. The van der Waals surface area contributed by atoms with Crippen LogP contribution >= 0.6 is 0 Å². The number of carbonyl (C=O) groups is 2. The van der Waals surface area contributed by atoms with Crippen molar-refractivity contribution in [1.29, 1.82) is 0 Å². The predicted octanol–water partition coefficient (Wildman–Crippen LogP) is 3.91. The number of carboxylic acids is 1. The first kappa shape index (κ1) is 32.7. The van der Waals surface area contributed by atoms with Gasteiger partial charge in [-0.15, -0.1) is 6.58 Å². The zero-order valence-electron chi connectivity index (χ0n) is 21.6. The molecule has 0 amide bonds. The number of rotatable bonds is 21. The maximum atomic E-state index is 12.2. The van der Waals surface area contributed by atoms with Crippen molar-refractivity contribution in [3.05, 3.63) is 12.7 Å². The van der Waals surface area contributed by atoms with Gasteiger partial charge in [-0.3, -0.25) is 4.79 Å². The summed E-state index contributed by atoms with van der Waals surface area (Å²) < 4.78 is 5.36. The van der Waals surface area contributed by atoms with E-state index in [-0.39, 0.29) is 35.5 Å². The Hall–Kier alpha value is -0.320. The van der Waals surface area contributed by atoms with Crippen molar-refractivity contribution in [1.82, 2.24) is 0 Å². The summed E-state index contributed by atoms with van der Waals surface area (Å²) in [5, 5.41) is 11.2. The van der Waals surface area contributed by atoms with E-state index in [9.17, 15) is 14.7 Å². The van der Waals surface area contributed by atoms with Gasteiger partial charge in [0.1, 0.15) is 0 Å². The summed E-state index contributed by atoms with van der Waals surface area (Å²) in [7, 11) is 0. The average Bonchev–Trinajstić information content (AvgIpc) is 2.80. The zero-order valence-corrected chi connectivity index (χ0v) is 23.6. The average molecular weight is 473 g/mol. The summed E-state index contributed by atoms with van der Waals surface area (Å²) >= 11 is 0. The van der Waals surface area contributed by atoms with Gasteiger partial charge in [0, 0.05) is 11.9 Å². The van der Waals surface area contributed by atoms with E-state index >= 15 is 0 Å². The fraction of sp³-hybridized carbons (Fsp3) is 0.857. The van der Waals surface area contributed by atoms with E-state index in [2.05, 4.69) is 6.58 Å². The molecule has 1 aliphatic carbocycles. The fourth-order valence-electron chi connectivity index (χ4n) is 4.84. The summed E-state index contributed by atoms with van der Waals surface area (Å²) in [6, 6.07) is 0. The van der Waals surface area contributed by atoms with Crippen LogP contribution in [0.1, 0.15) is 135 Å². The molecule has 4 nitrogen and oxygen atoms in total. The van der Waals surface area contributed by atoms with E-state index in [1.165, 1.54) is 96.3 Å². The number of hydrogen-bond acceptors (Lipinski definition) is 4. The summed E-state index contributed by atoms with van der Waals surface area (Å²) in [6.07, 6.45) is 27.0. The maximum Gasteiger partial charge on any atom is 1.00 e. The van der Waals surface area contributed by atoms with E-state index in [4.69, 9.17) is 4.74 Å². The maximum absolute atomic E-state index is 12.2. The molecule has 0 aromatic heterocycles. The van der Waals surface area contributed by atoms with Crippen LogP contribution in [0.5, 0.6) is 0 Å². The minimum atomic E-state index is -1.10. The molecule has 1 saturated carbocycles. The van der Waals surface area contributed by atoms with Gasteiger partial charge in [0.05, 0.1) is 12.5 Å². The largest absolute Gasteiger partial charge is 1.00 e. The van der Waals surface area contributed by atoms with E-state index < -0.39 is 17.8 Å². The summed E-state index contributed by atoms with van der Waals surface area (Å²) in [5.74, 6) is -2.59. The minimum Gasteiger partial charge on any atom is -0.550 e. The molecule has 0 radical (unpaired) electrons. The molecule has 1 rings (SSSR count). The molecule has 0 spiro atoms. The van der Waals surface area contributed by atoms with E-state index in [1.807, 2.05) is 6.08 Å². The van der Waals surface area contributed by atoms with Crippen molar-refractivity contribution >= 4 is 11.9 Å². The molecule has 186 valence electrons. The number of allylic oxidation sites excluding steroid dienone is 1. The van der Waals surface area contributed by atoms with Crippen LogP contribution in [0.15, 0.2) is 12.7 Å². The molecular weight excluding hydrogens is 423 g/mol. The molecule has 0 aliphatic heterocycles. The van der Waals surface area contributed by atoms with Gasteiger partial charge in [0.25, 0.3) is 0 Å². The Morgan fingerprint density at radius 3 is 1.52 bits per heavy atom. The van der Waals surface area contributed by atoms with Gasteiger partial charge < -0.3 is 14.6 Å². The van der Waals surface area contributed by atoms with Crippen molar-refractivity contribution in [2.75, 3.05) is 6.61 Å². The van der Waals surface area contributed by atoms with Gasteiger partial charge in [0.15, 0.2) is 0 Å². The van der Waals surface area contributed by atoms with Crippen molar-refractivity contribution in [3.8, 4) is 0 Å². The van der Waals surface area contributed by atoms with Crippen LogP contribution in [-0.4, -0.2) is 18.5 Å². The SMILES string of the molecule is C=CCCCCCCCCCCCCCCCCCCOC(=O)C1CCCCC1C(=O)[O-].[Na+]. The Kier molecular flexibility index (Phi) is 23.2. The smallest absolute Gasteiger partial charge is 0.550 e. The van der Waals surface area contributed by atoms with Gasteiger partial charge in [-0.1, -0.05) is 109 Å². The van der Waals surface area contributed by atoms with E-state index in [1.54, 1.807) is 0 Å². The molecule has 0 heterocycles. The molecular formula is C28H49NaO4. The minimum absolute atomic E-state index is 0. The van der Waals surface area contributed by atoms with E-state index in [0.29, 0.717) is 19.4 Å². The topological polar surface area (TPSA) is 66.4 Å². The molecule has 0 N–H and O–H groups in total. The molecule has 0 aromatic rings. The van der Waals surface area contributed by atoms with Gasteiger partial charge in [-0.2, -0.15) is 0 Å². The summed E-state index contributed by atoms with van der Waals surface area (Å²) in [4.78, 5) is 23.4. The number of carboxylic acid groups (broad SMARTS) is 1. The van der Waals surface area contributed by atoms with Crippen LogP contribution in [0.2, 0.25) is 0 Å². The van der Waals surface area contributed by atoms with E-state index in [0.717, 1.165) is 25.7 Å². The second-order valence-corrected chi connectivity index (χ2v) is 9.72. The third-order valence-corrected chi connectivity index (χ3v) is 6.92. The monoisotopic (exact) mass is 472 g/mol. The number of unbranched alkanes of at least 4 members (excludes halogenated alkanes) is 16. The number of ether oxygens (including phenoxy) is 1. The van der Waals surface area contributed by atoms with Crippen LogP contribution in [-0.2, 0) is 14.3 Å². The second kappa shape index (κ2) is 23.4. The Morgan fingerprint density at radius 1 is 0.697 bits per heavy atom. The predicted molar refractivity (Wildman–Crippen MR) is 130 cm³/mol.